The highest BCUT2D eigenvalue weighted by atomic mass is 32.1. The van der Waals surface area contributed by atoms with Gasteiger partial charge < -0.3 is 0 Å². The van der Waals surface area contributed by atoms with Crippen LogP contribution in [0.3, 0.4) is 0 Å². The van der Waals surface area contributed by atoms with E-state index in [4.69, 9.17) is 15.0 Å². The average molecular weight is 794 g/mol. The largest absolute Gasteiger partial charge is 0.208 e. The summed E-state index contributed by atoms with van der Waals surface area (Å²) >= 11 is 1.81. The number of benzene rings is 10. The Kier molecular flexibility index (Phi) is 8.36. The Morgan fingerprint density at radius 3 is 1.08 bits per heavy atom. The van der Waals surface area contributed by atoms with E-state index in [1.807, 2.05) is 72.0 Å². The fraction of sp³-hybridized carbons (Fsp3) is 0. The van der Waals surface area contributed by atoms with E-state index in [9.17, 15) is 0 Å². The van der Waals surface area contributed by atoms with Gasteiger partial charge in [0, 0.05) is 36.9 Å². The number of aromatic nitrogens is 3. The van der Waals surface area contributed by atoms with Gasteiger partial charge >= 0.3 is 0 Å². The molecule has 0 N–H and O–H groups in total. The van der Waals surface area contributed by atoms with E-state index in [1.165, 1.54) is 85.9 Å². The van der Waals surface area contributed by atoms with Gasteiger partial charge in [-0.25, -0.2) is 15.0 Å². The van der Waals surface area contributed by atoms with Gasteiger partial charge in [0.2, 0.25) is 0 Å². The topological polar surface area (TPSA) is 38.7 Å². The molecule has 0 saturated carbocycles. The van der Waals surface area contributed by atoms with Gasteiger partial charge in [0.15, 0.2) is 17.5 Å². The smallest absolute Gasteiger partial charge is 0.164 e. The maximum atomic E-state index is 5.00. The number of rotatable bonds is 6. The Labute approximate surface area is 356 Å². The van der Waals surface area contributed by atoms with Crippen molar-refractivity contribution in [3.63, 3.8) is 0 Å². The Hall–Kier alpha value is -7.79. The van der Waals surface area contributed by atoms with Gasteiger partial charge in [-0.05, 0) is 83.9 Å². The first kappa shape index (κ1) is 35.2. The first-order valence-corrected chi connectivity index (χ1v) is 21.4. The summed E-state index contributed by atoms with van der Waals surface area (Å²) in [6, 6.07) is 76.1. The van der Waals surface area contributed by atoms with Crippen molar-refractivity contribution in [1.82, 2.24) is 15.0 Å². The number of hydrogen-bond acceptors (Lipinski definition) is 4. The van der Waals surface area contributed by atoms with Crippen LogP contribution in [0.5, 0.6) is 0 Å². The van der Waals surface area contributed by atoms with Crippen molar-refractivity contribution in [1.29, 1.82) is 0 Å². The Bertz CT molecular complexity index is 3560. The molecule has 0 amide bonds. The van der Waals surface area contributed by atoms with Gasteiger partial charge in [0.1, 0.15) is 0 Å². The molecule has 4 heteroatoms. The fourth-order valence-corrected chi connectivity index (χ4v) is 10.2. The second-order valence-corrected chi connectivity index (χ2v) is 16.6. The second kappa shape index (κ2) is 14.5. The van der Waals surface area contributed by atoms with Crippen LogP contribution >= 0.6 is 11.3 Å². The van der Waals surface area contributed by atoms with Crippen LogP contribution in [0.1, 0.15) is 0 Å². The first-order chi connectivity index (χ1) is 30.2. The molecule has 0 atom stereocenters. The van der Waals surface area contributed by atoms with Crippen molar-refractivity contribution in [2.24, 2.45) is 0 Å². The molecule has 0 spiro atoms. The third-order valence-electron chi connectivity index (χ3n) is 11.9. The number of nitrogens with zero attached hydrogens (tertiary/aromatic N) is 3. The fourth-order valence-electron chi connectivity index (χ4n) is 9.04. The average Bonchev–Trinajstić information content (AvgIpc) is 3.71. The van der Waals surface area contributed by atoms with Crippen LogP contribution in [0, 0.1) is 0 Å². The monoisotopic (exact) mass is 793 g/mol. The van der Waals surface area contributed by atoms with Gasteiger partial charge in [-0.2, -0.15) is 0 Å². The summed E-state index contributed by atoms with van der Waals surface area (Å²) < 4.78 is 2.44. The summed E-state index contributed by atoms with van der Waals surface area (Å²) in [5, 5.41) is 10.2. The van der Waals surface area contributed by atoms with E-state index in [0.717, 1.165) is 16.7 Å². The third kappa shape index (κ3) is 6.07. The van der Waals surface area contributed by atoms with Crippen LogP contribution in [-0.2, 0) is 0 Å². The number of fused-ring (bicyclic) bond motifs is 9. The van der Waals surface area contributed by atoms with Crippen LogP contribution in [0.4, 0.5) is 0 Å². The molecule has 284 valence electrons. The lowest BCUT2D eigenvalue weighted by Gasteiger charge is -2.16. The molecule has 0 radical (unpaired) electrons. The molecule has 0 aliphatic carbocycles. The van der Waals surface area contributed by atoms with Crippen LogP contribution in [0.25, 0.3) is 120 Å². The number of hydrogen-bond donors (Lipinski definition) is 0. The molecule has 10 aromatic carbocycles. The summed E-state index contributed by atoms with van der Waals surface area (Å²) in [6.07, 6.45) is 0. The molecule has 12 rings (SSSR count). The minimum absolute atomic E-state index is 0.660. The molecule has 0 fully saturated rings. The van der Waals surface area contributed by atoms with Crippen LogP contribution in [-0.4, -0.2) is 15.0 Å². The predicted octanol–water partition coefficient (Wildman–Crippen LogP) is 15.7. The van der Waals surface area contributed by atoms with Gasteiger partial charge in [-0.15, -0.1) is 11.3 Å². The summed E-state index contributed by atoms with van der Waals surface area (Å²) in [4.78, 5) is 14.9. The second-order valence-electron chi connectivity index (χ2n) is 15.5. The van der Waals surface area contributed by atoms with Crippen molar-refractivity contribution < 1.29 is 0 Å². The highest BCUT2D eigenvalue weighted by Gasteiger charge is 2.17. The normalized spacial score (nSPS) is 11.6. The van der Waals surface area contributed by atoms with E-state index in [2.05, 4.69) is 152 Å². The zero-order valence-corrected chi connectivity index (χ0v) is 33.8. The van der Waals surface area contributed by atoms with Gasteiger partial charge in [0.05, 0.1) is 0 Å². The van der Waals surface area contributed by atoms with Crippen LogP contribution in [0.2, 0.25) is 0 Å². The van der Waals surface area contributed by atoms with Gasteiger partial charge in [-0.3, -0.25) is 0 Å². The predicted molar refractivity (Wildman–Crippen MR) is 258 cm³/mol. The van der Waals surface area contributed by atoms with Crippen molar-refractivity contribution in [3.05, 3.63) is 212 Å². The molecule has 0 aliphatic rings. The maximum Gasteiger partial charge on any atom is 0.164 e. The Morgan fingerprint density at radius 1 is 0.230 bits per heavy atom. The zero-order valence-electron chi connectivity index (χ0n) is 33.0. The Balaban J connectivity index is 0.951. The van der Waals surface area contributed by atoms with Crippen LogP contribution < -0.4 is 0 Å². The van der Waals surface area contributed by atoms with Gasteiger partial charge in [-0.1, -0.05) is 194 Å². The van der Waals surface area contributed by atoms with E-state index < -0.39 is 0 Å². The summed E-state index contributed by atoms with van der Waals surface area (Å²) in [7, 11) is 0. The minimum Gasteiger partial charge on any atom is -0.208 e. The SMILES string of the molecule is c1ccc(-c2nc(-c3ccccc3)nc(-c3ccc4c(c3)sc3cc(-c5ccccc5-c5ccccc5-c5ccc6c7ccccc7c7ccccc7c6c5)ccc34)n2)cc1. The number of thiophene rings is 1. The molecular formula is C57H35N3S. The molecule has 2 aromatic heterocycles. The van der Waals surface area contributed by atoms with Crippen molar-refractivity contribution in [3.8, 4) is 67.5 Å². The first-order valence-electron chi connectivity index (χ1n) is 20.6. The zero-order chi connectivity index (χ0) is 40.3. The summed E-state index contributed by atoms with van der Waals surface area (Å²) in [5.74, 6) is 1.98. The van der Waals surface area contributed by atoms with Crippen LogP contribution in [0.15, 0.2) is 212 Å². The molecule has 2 heterocycles. The third-order valence-corrected chi connectivity index (χ3v) is 13.1. The van der Waals surface area contributed by atoms with Gasteiger partial charge in [0.25, 0.3) is 0 Å². The molecule has 0 bridgehead atoms. The lowest BCUT2D eigenvalue weighted by Crippen LogP contribution is -1.99. The van der Waals surface area contributed by atoms with E-state index in [1.54, 1.807) is 0 Å². The minimum atomic E-state index is 0.660. The maximum absolute atomic E-state index is 5.00. The highest BCUT2D eigenvalue weighted by molar-refractivity contribution is 7.25. The van der Waals surface area contributed by atoms with Crippen molar-refractivity contribution in [2.45, 2.75) is 0 Å². The molecule has 0 aliphatic heterocycles. The summed E-state index contributed by atoms with van der Waals surface area (Å²) in [5.41, 5.74) is 10.1. The standard InChI is InChI=1S/C57H35N3S/c1-3-15-36(16-4-1)55-58-56(37-17-5-2-6-18-37)60-57(59-55)40-29-32-51-50-31-28-39(34-53(50)61-54(51)35-40)42-20-8-10-22-44(42)43-21-9-7-19-41(43)38-27-30-49-47-25-12-11-23-45(47)46-24-13-14-26-48(46)52(49)33-38/h1-35H. The summed E-state index contributed by atoms with van der Waals surface area (Å²) in [6.45, 7) is 0. The molecule has 0 saturated heterocycles. The lowest BCUT2D eigenvalue weighted by molar-refractivity contribution is 1.07. The Morgan fingerprint density at radius 2 is 0.574 bits per heavy atom. The molecule has 0 unspecified atom stereocenters. The lowest BCUT2D eigenvalue weighted by atomic mass is 9.87. The van der Waals surface area contributed by atoms with E-state index in [-0.39, 0.29) is 0 Å². The molecular weight excluding hydrogens is 759 g/mol. The van der Waals surface area contributed by atoms with E-state index >= 15 is 0 Å². The van der Waals surface area contributed by atoms with E-state index in [0.29, 0.717) is 17.5 Å². The van der Waals surface area contributed by atoms with Crippen molar-refractivity contribution >= 4 is 63.8 Å². The molecule has 3 nitrogen and oxygen atoms in total. The highest BCUT2D eigenvalue weighted by Crippen LogP contribution is 2.44. The quantitative estimate of drug-likeness (QED) is 0.157. The molecule has 61 heavy (non-hydrogen) atoms. The van der Waals surface area contributed by atoms with Crippen molar-refractivity contribution in [2.75, 3.05) is 0 Å². The molecule has 12 aromatic rings.